The number of hydrogen-bond donors (Lipinski definition) is 1. The van der Waals surface area contributed by atoms with Crippen LogP contribution in [0.2, 0.25) is 0 Å². The summed E-state index contributed by atoms with van der Waals surface area (Å²) >= 11 is 1.80. The summed E-state index contributed by atoms with van der Waals surface area (Å²) in [5, 5.41) is 5.71. The molecule has 2 atom stereocenters. The number of thiophene rings is 1. The molecular formula is C17H26N2OS. The van der Waals surface area contributed by atoms with E-state index in [9.17, 15) is 4.79 Å². The topological polar surface area (TPSA) is 32.3 Å². The van der Waals surface area contributed by atoms with Crippen molar-refractivity contribution >= 4 is 17.2 Å². The van der Waals surface area contributed by atoms with Crippen LogP contribution in [0.4, 0.5) is 0 Å². The van der Waals surface area contributed by atoms with Crippen molar-refractivity contribution in [2.24, 2.45) is 0 Å². The van der Waals surface area contributed by atoms with E-state index in [-0.39, 0.29) is 0 Å². The molecule has 2 saturated heterocycles. The number of carbonyl (C=O) groups excluding carboxylic acids is 1. The van der Waals surface area contributed by atoms with Crippen LogP contribution in [0.1, 0.15) is 49.8 Å². The molecule has 21 heavy (non-hydrogen) atoms. The molecule has 0 saturated carbocycles. The van der Waals surface area contributed by atoms with Crippen LogP contribution in [-0.4, -0.2) is 36.0 Å². The highest BCUT2D eigenvalue weighted by atomic mass is 32.1. The quantitative estimate of drug-likeness (QED) is 0.906. The first-order valence-electron chi connectivity index (χ1n) is 8.40. The van der Waals surface area contributed by atoms with Crippen molar-refractivity contribution < 1.29 is 4.79 Å². The molecule has 1 aromatic rings. The third kappa shape index (κ3) is 3.86. The third-order valence-electron chi connectivity index (χ3n) is 4.83. The summed E-state index contributed by atoms with van der Waals surface area (Å²) in [6, 6.07) is 5.26. The fraction of sp³-hybridized carbons (Fsp3) is 0.706. The lowest BCUT2D eigenvalue weighted by Gasteiger charge is -2.39. The van der Waals surface area contributed by atoms with Crippen molar-refractivity contribution in [2.75, 3.05) is 13.1 Å². The van der Waals surface area contributed by atoms with Gasteiger partial charge in [-0.25, -0.2) is 0 Å². The summed E-state index contributed by atoms with van der Waals surface area (Å²) in [7, 11) is 0. The molecule has 3 nitrogen and oxygen atoms in total. The number of piperidine rings is 1. The van der Waals surface area contributed by atoms with Crippen LogP contribution in [0.5, 0.6) is 0 Å². The molecule has 0 bridgehead atoms. The first kappa shape index (κ1) is 15.0. The van der Waals surface area contributed by atoms with Crippen molar-refractivity contribution in [2.45, 2.75) is 63.5 Å². The zero-order chi connectivity index (χ0) is 14.5. The fourth-order valence-electron chi connectivity index (χ4n) is 3.74. The molecule has 2 aliphatic heterocycles. The largest absolute Gasteiger partial charge is 0.338 e. The minimum atomic E-state index is 0.380. The number of carbonyl (C=O) groups is 1. The van der Waals surface area contributed by atoms with Gasteiger partial charge in [-0.1, -0.05) is 6.07 Å². The molecule has 0 spiro atoms. The highest BCUT2D eigenvalue weighted by molar-refractivity contribution is 7.09. The number of hydrogen-bond acceptors (Lipinski definition) is 3. The van der Waals surface area contributed by atoms with Crippen LogP contribution < -0.4 is 5.32 Å². The van der Waals surface area contributed by atoms with E-state index in [0.29, 0.717) is 24.4 Å². The molecule has 0 aliphatic carbocycles. The molecule has 2 unspecified atom stereocenters. The number of amides is 1. The number of nitrogens with one attached hydrogen (secondary N) is 1. The Labute approximate surface area is 131 Å². The number of aryl methyl sites for hydroxylation is 1. The average Bonchev–Trinajstić information content (AvgIpc) is 3.20. The van der Waals surface area contributed by atoms with E-state index in [1.54, 1.807) is 11.3 Å². The summed E-state index contributed by atoms with van der Waals surface area (Å²) in [6.07, 6.45) is 8.90. The minimum Gasteiger partial charge on any atom is -0.338 e. The summed E-state index contributed by atoms with van der Waals surface area (Å²) in [5.74, 6) is 0.380. The lowest BCUT2D eigenvalue weighted by Crippen LogP contribution is -2.52. The molecule has 3 heterocycles. The molecule has 1 N–H and O–H groups in total. The van der Waals surface area contributed by atoms with E-state index in [0.717, 1.165) is 25.9 Å². The average molecular weight is 306 g/mol. The predicted molar refractivity (Wildman–Crippen MR) is 87.6 cm³/mol. The van der Waals surface area contributed by atoms with E-state index in [2.05, 4.69) is 27.7 Å². The Morgan fingerprint density at radius 1 is 1.33 bits per heavy atom. The van der Waals surface area contributed by atoms with E-state index < -0.39 is 0 Å². The van der Waals surface area contributed by atoms with E-state index in [4.69, 9.17) is 0 Å². The Balaban J connectivity index is 1.51. The van der Waals surface area contributed by atoms with Gasteiger partial charge in [-0.15, -0.1) is 11.3 Å². The lowest BCUT2D eigenvalue weighted by atomic mass is 9.94. The highest BCUT2D eigenvalue weighted by Crippen LogP contribution is 2.25. The maximum atomic E-state index is 12.6. The summed E-state index contributed by atoms with van der Waals surface area (Å²) < 4.78 is 0. The van der Waals surface area contributed by atoms with Crippen LogP contribution in [0.15, 0.2) is 17.5 Å². The monoisotopic (exact) mass is 306 g/mol. The van der Waals surface area contributed by atoms with Gasteiger partial charge in [-0.2, -0.15) is 0 Å². The fourth-order valence-corrected chi connectivity index (χ4v) is 4.49. The van der Waals surface area contributed by atoms with Gasteiger partial charge in [-0.3, -0.25) is 4.79 Å². The summed E-state index contributed by atoms with van der Waals surface area (Å²) in [4.78, 5) is 16.2. The van der Waals surface area contributed by atoms with Gasteiger partial charge in [0.1, 0.15) is 0 Å². The molecule has 3 rings (SSSR count). The lowest BCUT2D eigenvalue weighted by molar-refractivity contribution is -0.135. The molecule has 1 aromatic heterocycles. The first-order chi connectivity index (χ1) is 10.3. The van der Waals surface area contributed by atoms with Crippen molar-refractivity contribution in [1.82, 2.24) is 10.2 Å². The van der Waals surface area contributed by atoms with Crippen LogP contribution >= 0.6 is 11.3 Å². The zero-order valence-corrected chi connectivity index (χ0v) is 13.5. The van der Waals surface area contributed by atoms with Crippen LogP contribution in [0.3, 0.4) is 0 Å². The zero-order valence-electron chi connectivity index (χ0n) is 12.7. The molecule has 0 radical (unpaired) electrons. The third-order valence-corrected chi connectivity index (χ3v) is 5.76. The molecule has 2 aliphatic rings. The van der Waals surface area contributed by atoms with Crippen molar-refractivity contribution in [1.29, 1.82) is 0 Å². The van der Waals surface area contributed by atoms with Gasteiger partial charge in [0.25, 0.3) is 0 Å². The van der Waals surface area contributed by atoms with Gasteiger partial charge in [0.15, 0.2) is 0 Å². The number of likely N-dealkylation sites (tertiary alicyclic amines) is 1. The Kier molecular flexibility index (Phi) is 5.31. The number of nitrogens with zero attached hydrogens (tertiary/aromatic N) is 1. The maximum absolute atomic E-state index is 12.6. The van der Waals surface area contributed by atoms with Gasteiger partial charge in [-0.05, 0) is 62.9 Å². The Bertz CT molecular complexity index is 440. The van der Waals surface area contributed by atoms with Crippen LogP contribution in [0, 0.1) is 0 Å². The molecule has 1 amide bonds. The van der Waals surface area contributed by atoms with Gasteiger partial charge in [0, 0.05) is 29.9 Å². The van der Waals surface area contributed by atoms with Crippen LogP contribution in [0.25, 0.3) is 0 Å². The second-order valence-electron chi connectivity index (χ2n) is 6.29. The SMILES string of the molecule is O=C(CCCc1cccs1)N1CCCCC1C1CCCN1. The molecule has 2 fully saturated rings. The van der Waals surface area contributed by atoms with Crippen LogP contribution in [-0.2, 0) is 11.2 Å². The molecule has 0 aromatic carbocycles. The van der Waals surface area contributed by atoms with Gasteiger partial charge < -0.3 is 10.2 Å². The predicted octanol–water partition coefficient (Wildman–Crippen LogP) is 3.20. The highest BCUT2D eigenvalue weighted by Gasteiger charge is 2.33. The standard InChI is InChI=1S/C17H26N2OS/c20-17(10-3-6-14-7-5-13-21-14)19-12-2-1-9-16(19)15-8-4-11-18-15/h5,7,13,15-16,18H,1-4,6,8-12H2. The molecule has 4 heteroatoms. The van der Waals surface area contributed by atoms with Gasteiger partial charge in [0.2, 0.25) is 5.91 Å². The molecule has 116 valence electrons. The van der Waals surface area contributed by atoms with Crippen molar-refractivity contribution in [3.63, 3.8) is 0 Å². The normalized spacial score (nSPS) is 26.2. The van der Waals surface area contributed by atoms with E-state index >= 15 is 0 Å². The molecular weight excluding hydrogens is 280 g/mol. The minimum absolute atomic E-state index is 0.380. The first-order valence-corrected chi connectivity index (χ1v) is 9.28. The maximum Gasteiger partial charge on any atom is 0.222 e. The van der Waals surface area contributed by atoms with Gasteiger partial charge >= 0.3 is 0 Å². The van der Waals surface area contributed by atoms with E-state index in [1.165, 1.54) is 37.0 Å². The summed E-state index contributed by atoms with van der Waals surface area (Å²) in [6.45, 7) is 2.10. The second-order valence-corrected chi connectivity index (χ2v) is 7.32. The Morgan fingerprint density at radius 2 is 2.29 bits per heavy atom. The van der Waals surface area contributed by atoms with Gasteiger partial charge in [0.05, 0.1) is 0 Å². The van der Waals surface area contributed by atoms with Crippen molar-refractivity contribution in [3.05, 3.63) is 22.4 Å². The van der Waals surface area contributed by atoms with E-state index in [1.807, 2.05) is 0 Å². The van der Waals surface area contributed by atoms with Crippen molar-refractivity contribution in [3.8, 4) is 0 Å². The Hall–Kier alpha value is -0.870. The summed E-state index contributed by atoms with van der Waals surface area (Å²) in [5.41, 5.74) is 0. The number of rotatable bonds is 5. The Morgan fingerprint density at radius 3 is 3.05 bits per heavy atom. The second kappa shape index (κ2) is 7.41. The smallest absolute Gasteiger partial charge is 0.222 e.